The molecule has 0 aliphatic heterocycles. The molecule has 12 nitrogen and oxygen atoms in total. The molecule has 0 amide bonds. The van der Waals surface area contributed by atoms with Crippen molar-refractivity contribution >= 4 is 35.8 Å². The van der Waals surface area contributed by atoms with Gasteiger partial charge < -0.3 is 29.9 Å². The quantitative estimate of drug-likeness (QED) is 0.211. The third kappa shape index (κ3) is 8.16. The molecule has 0 atom stereocenters. The molecule has 0 saturated carbocycles. The van der Waals surface area contributed by atoms with Gasteiger partial charge in [0.2, 0.25) is 0 Å². The molecule has 12 heteroatoms. The van der Waals surface area contributed by atoms with Gasteiger partial charge in [-0.3, -0.25) is 0 Å². The molecule has 0 spiro atoms. The Bertz CT molecular complexity index is 1120. The van der Waals surface area contributed by atoms with Crippen LogP contribution >= 0.6 is 0 Å². The number of unbranched alkanes of at least 4 members (excludes halogenated alkanes) is 4. The number of benzene rings is 2. The van der Waals surface area contributed by atoms with Gasteiger partial charge in [-0.1, -0.05) is 19.3 Å². The van der Waals surface area contributed by atoms with Crippen LogP contribution < -0.4 is 0 Å². The average Bonchev–Trinajstić information content (AvgIpc) is 2.86. The monoisotopic (exact) mass is 516 g/mol. The van der Waals surface area contributed by atoms with Gasteiger partial charge in [0, 0.05) is 0 Å². The second-order valence-corrected chi connectivity index (χ2v) is 7.78. The molecule has 2 rings (SSSR count). The lowest BCUT2D eigenvalue weighted by Gasteiger charge is -2.08. The number of carboxylic acids is 4. The van der Waals surface area contributed by atoms with Gasteiger partial charge in [-0.05, 0) is 49.2 Å². The first-order chi connectivity index (χ1) is 17.5. The Balaban J connectivity index is 1.67. The Morgan fingerprint density at radius 3 is 1.14 bits per heavy atom. The Morgan fingerprint density at radius 2 is 0.811 bits per heavy atom. The van der Waals surface area contributed by atoms with Crippen molar-refractivity contribution in [3.8, 4) is 0 Å². The summed E-state index contributed by atoms with van der Waals surface area (Å²) >= 11 is 0. The molecule has 2 aromatic carbocycles. The first-order valence-corrected chi connectivity index (χ1v) is 11.1. The Morgan fingerprint density at radius 1 is 0.486 bits per heavy atom. The summed E-state index contributed by atoms with van der Waals surface area (Å²) < 4.78 is 10.2. The highest BCUT2D eigenvalue weighted by Gasteiger charge is 2.20. The van der Waals surface area contributed by atoms with Crippen molar-refractivity contribution in [2.24, 2.45) is 0 Å². The van der Waals surface area contributed by atoms with Crippen LogP contribution in [0, 0.1) is 0 Å². The molecule has 4 N–H and O–H groups in total. The molecule has 0 bridgehead atoms. The number of carbonyl (C=O) groups excluding carboxylic acids is 2. The van der Waals surface area contributed by atoms with Crippen LogP contribution in [0.4, 0.5) is 0 Å². The number of esters is 2. The third-order valence-corrected chi connectivity index (χ3v) is 5.19. The topological polar surface area (TPSA) is 202 Å². The van der Waals surface area contributed by atoms with E-state index in [1.54, 1.807) is 0 Å². The highest BCUT2D eigenvalue weighted by atomic mass is 16.5. The van der Waals surface area contributed by atoms with Crippen molar-refractivity contribution in [1.29, 1.82) is 0 Å². The Kier molecular flexibility index (Phi) is 10.3. The van der Waals surface area contributed by atoms with Gasteiger partial charge in [0.1, 0.15) is 0 Å². The van der Waals surface area contributed by atoms with Crippen LogP contribution in [0.3, 0.4) is 0 Å². The molecule has 0 aromatic heterocycles. The minimum Gasteiger partial charge on any atom is -0.478 e. The van der Waals surface area contributed by atoms with E-state index in [9.17, 15) is 28.8 Å². The highest BCUT2D eigenvalue weighted by Crippen LogP contribution is 2.16. The Hall–Kier alpha value is -4.74. The normalized spacial score (nSPS) is 10.4. The molecule has 2 aromatic rings. The largest absolute Gasteiger partial charge is 0.478 e. The van der Waals surface area contributed by atoms with Crippen molar-refractivity contribution in [3.63, 3.8) is 0 Å². The second kappa shape index (κ2) is 13.4. The maximum absolute atomic E-state index is 12.1. The first-order valence-electron chi connectivity index (χ1n) is 11.1. The summed E-state index contributed by atoms with van der Waals surface area (Å²) in [6, 6.07) is 6.35. The minimum absolute atomic E-state index is 0.0720. The third-order valence-electron chi connectivity index (χ3n) is 5.19. The van der Waals surface area contributed by atoms with Gasteiger partial charge in [0.25, 0.3) is 0 Å². The van der Waals surface area contributed by atoms with Crippen LogP contribution in [-0.4, -0.2) is 69.5 Å². The number of hydrogen-bond donors (Lipinski definition) is 4. The van der Waals surface area contributed by atoms with Crippen LogP contribution in [0.2, 0.25) is 0 Å². The summed E-state index contributed by atoms with van der Waals surface area (Å²) in [4.78, 5) is 68.7. The van der Waals surface area contributed by atoms with Crippen molar-refractivity contribution in [3.05, 3.63) is 69.8 Å². The smallest absolute Gasteiger partial charge is 0.338 e. The predicted molar refractivity (Wildman–Crippen MR) is 124 cm³/mol. The second-order valence-electron chi connectivity index (χ2n) is 7.78. The molecule has 0 unspecified atom stereocenters. The molecule has 37 heavy (non-hydrogen) atoms. The molecule has 0 aliphatic rings. The lowest BCUT2D eigenvalue weighted by Crippen LogP contribution is -2.12. The molecule has 0 aliphatic carbocycles. The summed E-state index contributed by atoms with van der Waals surface area (Å²) in [5, 5.41) is 36.3. The van der Waals surface area contributed by atoms with E-state index in [1.807, 2.05) is 0 Å². The van der Waals surface area contributed by atoms with E-state index in [2.05, 4.69) is 0 Å². The van der Waals surface area contributed by atoms with E-state index >= 15 is 0 Å². The minimum atomic E-state index is -1.47. The van der Waals surface area contributed by atoms with Crippen molar-refractivity contribution in [2.75, 3.05) is 13.2 Å². The Labute approximate surface area is 210 Å². The van der Waals surface area contributed by atoms with Gasteiger partial charge in [0.05, 0.1) is 46.6 Å². The highest BCUT2D eigenvalue weighted by molar-refractivity contribution is 6.04. The number of carboxylic acid groups (broad SMARTS) is 4. The molecule has 0 saturated heterocycles. The van der Waals surface area contributed by atoms with Crippen molar-refractivity contribution in [1.82, 2.24) is 0 Å². The molecule has 0 radical (unpaired) electrons. The fraction of sp³-hybridized carbons (Fsp3) is 0.280. The van der Waals surface area contributed by atoms with Gasteiger partial charge in [-0.15, -0.1) is 0 Å². The summed E-state index contributed by atoms with van der Waals surface area (Å²) in [5.41, 5.74) is -2.04. The van der Waals surface area contributed by atoms with Gasteiger partial charge in [-0.25, -0.2) is 28.8 Å². The number of rotatable bonds is 14. The van der Waals surface area contributed by atoms with E-state index in [0.717, 1.165) is 30.7 Å². The van der Waals surface area contributed by atoms with E-state index < -0.39 is 58.1 Å². The molecular weight excluding hydrogens is 492 g/mol. The summed E-state index contributed by atoms with van der Waals surface area (Å²) in [6.07, 6.45) is 3.18. The van der Waals surface area contributed by atoms with E-state index in [1.165, 1.54) is 12.1 Å². The lowest BCUT2D eigenvalue weighted by atomic mass is 10.0. The van der Waals surface area contributed by atoms with Crippen molar-refractivity contribution < 1.29 is 58.7 Å². The standard InChI is InChI=1S/C25H24O12/c26-20(27)16-8-6-14(12-18(16)22(30)31)24(34)36-10-4-2-1-3-5-11-37-25(35)15-7-9-17(21(28)29)19(13-15)23(32)33/h6-9,12-13H,1-5,10-11H2,(H,26,27)(H,28,29)(H,30,31)(H,32,33). The van der Waals surface area contributed by atoms with Gasteiger partial charge in [0.15, 0.2) is 0 Å². The average molecular weight is 516 g/mol. The van der Waals surface area contributed by atoms with Gasteiger partial charge in [-0.2, -0.15) is 0 Å². The van der Waals surface area contributed by atoms with Crippen LogP contribution in [0.5, 0.6) is 0 Å². The van der Waals surface area contributed by atoms with Crippen LogP contribution in [0.25, 0.3) is 0 Å². The van der Waals surface area contributed by atoms with Crippen LogP contribution in [0.1, 0.15) is 94.3 Å². The molecule has 0 heterocycles. The van der Waals surface area contributed by atoms with Crippen LogP contribution in [-0.2, 0) is 9.47 Å². The zero-order valence-corrected chi connectivity index (χ0v) is 19.5. The fourth-order valence-electron chi connectivity index (χ4n) is 3.30. The zero-order chi connectivity index (χ0) is 27.5. The SMILES string of the molecule is O=C(OCCCCCCCOC(=O)c1ccc(C(=O)O)c(C(=O)O)c1)c1ccc(C(=O)O)c(C(=O)O)c1. The maximum Gasteiger partial charge on any atom is 0.338 e. The molecule has 196 valence electrons. The fourth-order valence-corrected chi connectivity index (χ4v) is 3.30. The molecule has 0 fully saturated rings. The number of carbonyl (C=O) groups is 6. The summed E-state index contributed by atoms with van der Waals surface area (Å²) in [5.74, 6) is -7.33. The zero-order valence-electron chi connectivity index (χ0n) is 19.5. The maximum atomic E-state index is 12.1. The summed E-state index contributed by atoms with van der Waals surface area (Å²) in [6.45, 7) is 0.157. The number of aromatic carboxylic acids is 4. The first kappa shape index (κ1) is 28.5. The van der Waals surface area contributed by atoms with E-state index in [-0.39, 0.29) is 24.3 Å². The number of hydrogen-bond acceptors (Lipinski definition) is 8. The summed E-state index contributed by atoms with van der Waals surface area (Å²) in [7, 11) is 0. The van der Waals surface area contributed by atoms with Gasteiger partial charge >= 0.3 is 35.8 Å². The number of ether oxygens (including phenoxy) is 2. The molecular formula is C25H24O12. The lowest BCUT2D eigenvalue weighted by molar-refractivity contribution is 0.0495. The van der Waals surface area contributed by atoms with E-state index in [4.69, 9.17) is 29.9 Å². The van der Waals surface area contributed by atoms with Crippen molar-refractivity contribution in [2.45, 2.75) is 32.1 Å². The van der Waals surface area contributed by atoms with E-state index in [0.29, 0.717) is 25.7 Å². The van der Waals surface area contributed by atoms with Crippen LogP contribution in [0.15, 0.2) is 36.4 Å². The predicted octanol–water partition coefficient (Wildman–Crippen LogP) is 3.44.